The van der Waals surface area contributed by atoms with Gasteiger partial charge in [0.2, 0.25) is 5.91 Å². The van der Waals surface area contributed by atoms with Crippen LogP contribution < -0.4 is 0 Å². The Bertz CT molecular complexity index is 779. The van der Waals surface area contributed by atoms with E-state index in [0.717, 1.165) is 15.2 Å². The van der Waals surface area contributed by atoms with E-state index in [9.17, 15) is 9.59 Å². The van der Waals surface area contributed by atoms with Crippen LogP contribution in [-0.2, 0) is 16.1 Å². The van der Waals surface area contributed by atoms with Crippen LogP contribution in [-0.4, -0.2) is 52.5 Å². The van der Waals surface area contributed by atoms with Gasteiger partial charge in [-0.05, 0) is 39.3 Å². The molecular weight excluding hydrogens is 350 g/mol. The Labute approximate surface area is 157 Å². The van der Waals surface area contributed by atoms with Gasteiger partial charge in [-0.1, -0.05) is 12.1 Å². The molecule has 0 radical (unpaired) electrons. The highest BCUT2D eigenvalue weighted by atomic mass is 32.1. The normalized spacial score (nSPS) is 17.5. The minimum absolute atomic E-state index is 0.0512. The molecule has 1 aliphatic heterocycles. The number of hydrogen-bond donors (Lipinski definition) is 0. The largest absolute Gasteiger partial charge is 0.444 e. The number of thiazole rings is 1. The van der Waals surface area contributed by atoms with Gasteiger partial charge >= 0.3 is 6.09 Å². The molecule has 1 atom stereocenters. The Morgan fingerprint density at radius 1 is 1.35 bits per heavy atom. The minimum atomic E-state index is -0.525. The van der Waals surface area contributed by atoms with Gasteiger partial charge in [0, 0.05) is 20.1 Å². The van der Waals surface area contributed by atoms with E-state index in [4.69, 9.17) is 4.74 Å². The summed E-state index contributed by atoms with van der Waals surface area (Å²) >= 11 is 1.61. The molecule has 0 bridgehead atoms. The number of hydrogen-bond acceptors (Lipinski definition) is 5. The van der Waals surface area contributed by atoms with Crippen LogP contribution >= 0.6 is 11.3 Å². The van der Waals surface area contributed by atoms with Crippen molar-refractivity contribution in [3.63, 3.8) is 0 Å². The smallest absolute Gasteiger partial charge is 0.410 e. The number of ether oxygens (including phenoxy) is 1. The van der Waals surface area contributed by atoms with Crippen molar-refractivity contribution in [3.05, 3.63) is 29.3 Å². The highest BCUT2D eigenvalue weighted by Gasteiger charge is 2.34. The SMILES string of the molecule is CN(Cc1nc2ccccc2s1)C(=O)[C@H]1CCN(C(=O)OC(C)(C)C)C1. The second kappa shape index (κ2) is 7.23. The van der Waals surface area contributed by atoms with Crippen LogP contribution in [0.25, 0.3) is 10.2 Å². The summed E-state index contributed by atoms with van der Waals surface area (Å²) in [4.78, 5) is 32.8. The zero-order valence-corrected chi connectivity index (χ0v) is 16.5. The average molecular weight is 375 g/mol. The fourth-order valence-electron chi connectivity index (χ4n) is 3.03. The summed E-state index contributed by atoms with van der Waals surface area (Å²) in [5, 5.41) is 0.920. The monoisotopic (exact) mass is 375 g/mol. The minimum Gasteiger partial charge on any atom is -0.444 e. The number of amides is 2. The number of likely N-dealkylation sites (tertiary alicyclic amines) is 1. The summed E-state index contributed by atoms with van der Waals surface area (Å²) in [6.45, 7) is 6.99. The van der Waals surface area contributed by atoms with E-state index in [1.807, 2.05) is 45.0 Å². The molecule has 1 aliphatic rings. The highest BCUT2D eigenvalue weighted by molar-refractivity contribution is 7.18. The Morgan fingerprint density at radius 2 is 2.08 bits per heavy atom. The van der Waals surface area contributed by atoms with E-state index >= 15 is 0 Å². The molecule has 0 aliphatic carbocycles. The summed E-state index contributed by atoms with van der Waals surface area (Å²) in [5.74, 6) is -0.128. The number of benzene rings is 1. The topological polar surface area (TPSA) is 62.7 Å². The van der Waals surface area contributed by atoms with Crippen molar-refractivity contribution in [3.8, 4) is 0 Å². The van der Waals surface area contributed by atoms with E-state index in [1.54, 1.807) is 28.2 Å². The lowest BCUT2D eigenvalue weighted by atomic mass is 10.1. The molecule has 1 aromatic carbocycles. The first-order chi connectivity index (χ1) is 12.2. The third kappa shape index (κ3) is 4.33. The summed E-state index contributed by atoms with van der Waals surface area (Å²) < 4.78 is 6.52. The van der Waals surface area contributed by atoms with Crippen molar-refractivity contribution in [2.45, 2.75) is 39.3 Å². The van der Waals surface area contributed by atoms with Crippen molar-refractivity contribution >= 4 is 33.6 Å². The molecule has 3 rings (SSSR count). The lowest BCUT2D eigenvalue weighted by molar-refractivity contribution is -0.134. The number of aromatic nitrogens is 1. The molecule has 26 heavy (non-hydrogen) atoms. The molecule has 2 aromatic rings. The number of nitrogens with zero attached hydrogens (tertiary/aromatic N) is 3. The van der Waals surface area contributed by atoms with Crippen LogP contribution in [0.5, 0.6) is 0 Å². The van der Waals surface area contributed by atoms with Crippen molar-refractivity contribution in [1.29, 1.82) is 0 Å². The highest BCUT2D eigenvalue weighted by Crippen LogP contribution is 2.25. The van der Waals surface area contributed by atoms with Gasteiger partial charge in [0.05, 0.1) is 22.7 Å². The van der Waals surface area contributed by atoms with Gasteiger partial charge in [0.15, 0.2) is 0 Å². The van der Waals surface area contributed by atoms with Crippen LogP contribution in [0.15, 0.2) is 24.3 Å². The van der Waals surface area contributed by atoms with Crippen LogP contribution in [0.4, 0.5) is 4.79 Å². The molecule has 0 spiro atoms. The van der Waals surface area contributed by atoms with Crippen molar-refractivity contribution in [1.82, 2.24) is 14.8 Å². The first-order valence-corrected chi connectivity index (χ1v) is 9.62. The number of rotatable bonds is 3. The predicted octanol–water partition coefficient (Wildman–Crippen LogP) is 3.51. The Balaban J connectivity index is 1.58. The number of para-hydroxylation sites is 1. The van der Waals surface area contributed by atoms with Gasteiger partial charge in [-0.15, -0.1) is 11.3 Å². The van der Waals surface area contributed by atoms with Crippen LogP contribution in [0.1, 0.15) is 32.2 Å². The van der Waals surface area contributed by atoms with Gasteiger partial charge in [-0.2, -0.15) is 0 Å². The molecule has 1 aromatic heterocycles. The molecule has 6 nitrogen and oxygen atoms in total. The zero-order valence-electron chi connectivity index (χ0n) is 15.7. The predicted molar refractivity (Wildman–Crippen MR) is 102 cm³/mol. The molecular formula is C19H25N3O3S. The van der Waals surface area contributed by atoms with Crippen LogP contribution in [0.2, 0.25) is 0 Å². The van der Waals surface area contributed by atoms with Gasteiger partial charge in [-0.3, -0.25) is 4.79 Å². The van der Waals surface area contributed by atoms with E-state index < -0.39 is 5.60 Å². The Morgan fingerprint density at radius 3 is 2.77 bits per heavy atom. The Hall–Kier alpha value is -2.15. The lowest BCUT2D eigenvalue weighted by Crippen LogP contribution is -2.38. The summed E-state index contributed by atoms with van der Waals surface area (Å²) in [5.41, 5.74) is 0.438. The lowest BCUT2D eigenvalue weighted by Gasteiger charge is -2.25. The third-order valence-corrected chi connectivity index (χ3v) is 5.30. The fourth-order valence-corrected chi connectivity index (χ4v) is 4.06. The first-order valence-electron chi connectivity index (χ1n) is 8.80. The maximum Gasteiger partial charge on any atom is 0.410 e. The third-order valence-electron chi connectivity index (χ3n) is 4.28. The van der Waals surface area contributed by atoms with E-state index in [2.05, 4.69) is 4.98 Å². The van der Waals surface area contributed by atoms with E-state index in [0.29, 0.717) is 26.1 Å². The van der Waals surface area contributed by atoms with Gasteiger partial charge in [-0.25, -0.2) is 9.78 Å². The zero-order chi connectivity index (χ0) is 18.9. The molecule has 0 N–H and O–H groups in total. The molecule has 1 saturated heterocycles. The first kappa shape index (κ1) is 18.6. The Kier molecular flexibility index (Phi) is 5.18. The molecule has 1 fully saturated rings. The molecule has 2 amide bonds. The number of carbonyl (C=O) groups excluding carboxylic acids is 2. The average Bonchev–Trinajstić information content (AvgIpc) is 3.18. The van der Waals surface area contributed by atoms with Crippen LogP contribution in [0, 0.1) is 5.92 Å². The second-order valence-corrected chi connectivity index (χ2v) is 8.80. The standard InChI is InChI=1S/C19H25N3O3S/c1-19(2,3)25-18(24)22-10-9-13(11-22)17(23)21(4)12-16-20-14-7-5-6-8-15(14)26-16/h5-8,13H,9-12H2,1-4H3/t13-/m0/s1. The van der Waals surface area contributed by atoms with Gasteiger partial charge < -0.3 is 14.5 Å². The molecule has 140 valence electrons. The summed E-state index contributed by atoms with van der Waals surface area (Å²) in [7, 11) is 1.80. The number of carbonyl (C=O) groups is 2. The van der Waals surface area contributed by atoms with E-state index in [-0.39, 0.29) is 17.9 Å². The van der Waals surface area contributed by atoms with Crippen molar-refractivity contribution < 1.29 is 14.3 Å². The quantitative estimate of drug-likeness (QED) is 0.824. The number of fused-ring (bicyclic) bond motifs is 1. The summed E-state index contributed by atoms with van der Waals surface area (Å²) in [6.07, 6.45) is 0.323. The van der Waals surface area contributed by atoms with Crippen LogP contribution in [0.3, 0.4) is 0 Å². The fraction of sp³-hybridized carbons (Fsp3) is 0.526. The van der Waals surface area contributed by atoms with Crippen molar-refractivity contribution in [2.75, 3.05) is 20.1 Å². The maximum atomic E-state index is 12.7. The molecule has 2 heterocycles. The summed E-state index contributed by atoms with van der Waals surface area (Å²) in [6, 6.07) is 7.97. The van der Waals surface area contributed by atoms with E-state index in [1.165, 1.54) is 0 Å². The maximum absolute atomic E-state index is 12.7. The molecule has 7 heteroatoms. The molecule has 0 saturated carbocycles. The second-order valence-electron chi connectivity index (χ2n) is 7.68. The van der Waals surface area contributed by atoms with Crippen molar-refractivity contribution in [2.24, 2.45) is 5.92 Å². The van der Waals surface area contributed by atoms with Gasteiger partial charge in [0.25, 0.3) is 0 Å². The van der Waals surface area contributed by atoms with Gasteiger partial charge in [0.1, 0.15) is 10.6 Å². The molecule has 0 unspecified atom stereocenters.